The van der Waals surface area contributed by atoms with Gasteiger partial charge in [0.15, 0.2) is 0 Å². The van der Waals surface area contributed by atoms with Gasteiger partial charge in [-0.05, 0) is 13.8 Å². The number of nitrogens with two attached hydrogens (primary N) is 1. The highest BCUT2D eigenvalue weighted by molar-refractivity contribution is 5.82. The van der Waals surface area contributed by atoms with E-state index < -0.39 is 5.41 Å². The molecule has 4 nitrogen and oxygen atoms in total. The summed E-state index contributed by atoms with van der Waals surface area (Å²) in [6.07, 6.45) is 0. The standard InChI is InChI=1S/C10H22N2O2/c1-9(2,7-13)6-12-8(14)10(3,4)5-11/h13H,5-7,11H2,1-4H3,(H,12,14). The number of hydrogen-bond donors (Lipinski definition) is 3. The molecule has 1 amide bonds. The Labute approximate surface area is 85.9 Å². The third kappa shape index (κ3) is 4.07. The largest absolute Gasteiger partial charge is 0.396 e. The zero-order valence-corrected chi connectivity index (χ0v) is 9.55. The van der Waals surface area contributed by atoms with Crippen molar-refractivity contribution in [2.75, 3.05) is 19.7 Å². The van der Waals surface area contributed by atoms with Gasteiger partial charge in [0.25, 0.3) is 0 Å². The minimum Gasteiger partial charge on any atom is -0.396 e. The van der Waals surface area contributed by atoms with Crippen molar-refractivity contribution in [2.24, 2.45) is 16.6 Å². The normalized spacial score (nSPS) is 12.7. The van der Waals surface area contributed by atoms with E-state index in [1.165, 1.54) is 0 Å². The molecule has 0 atom stereocenters. The van der Waals surface area contributed by atoms with Crippen LogP contribution in [0, 0.1) is 10.8 Å². The molecule has 0 aliphatic carbocycles. The molecule has 0 spiro atoms. The maximum atomic E-state index is 11.6. The molecule has 0 fully saturated rings. The first-order valence-corrected chi connectivity index (χ1v) is 4.84. The minimum atomic E-state index is -0.536. The van der Waals surface area contributed by atoms with Gasteiger partial charge in [-0.3, -0.25) is 4.79 Å². The van der Waals surface area contributed by atoms with Crippen molar-refractivity contribution in [1.82, 2.24) is 5.32 Å². The highest BCUT2D eigenvalue weighted by atomic mass is 16.3. The fraction of sp³-hybridized carbons (Fsp3) is 0.900. The Hall–Kier alpha value is -0.610. The summed E-state index contributed by atoms with van der Waals surface area (Å²) in [5, 5.41) is 11.8. The minimum absolute atomic E-state index is 0.0519. The van der Waals surface area contributed by atoms with Crippen LogP contribution in [0.15, 0.2) is 0 Å². The highest BCUT2D eigenvalue weighted by Gasteiger charge is 2.27. The van der Waals surface area contributed by atoms with Crippen molar-refractivity contribution in [3.8, 4) is 0 Å². The molecule has 0 radical (unpaired) electrons. The molecule has 0 unspecified atom stereocenters. The molecule has 0 bridgehead atoms. The van der Waals surface area contributed by atoms with E-state index in [-0.39, 0.29) is 17.9 Å². The van der Waals surface area contributed by atoms with E-state index in [2.05, 4.69) is 5.32 Å². The van der Waals surface area contributed by atoms with Crippen molar-refractivity contribution in [3.05, 3.63) is 0 Å². The number of hydrogen-bond acceptors (Lipinski definition) is 3. The lowest BCUT2D eigenvalue weighted by molar-refractivity contribution is -0.129. The molecular weight excluding hydrogens is 180 g/mol. The molecule has 0 saturated heterocycles. The van der Waals surface area contributed by atoms with Gasteiger partial charge in [-0.25, -0.2) is 0 Å². The molecule has 4 heteroatoms. The van der Waals surface area contributed by atoms with Gasteiger partial charge in [0.2, 0.25) is 5.91 Å². The average molecular weight is 202 g/mol. The van der Waals surface area contributed by atoms with Crippen LogP contribution in [0.5, 0.6) is 0 Å². The zero-order chi connectivity index (χ0) is 11.4. The van der Waals surface area contributed by atoms with E-state index in [1.807, 2.05) is 13.8 Å². The first-order chi connectivity index (χ1) is 6.25. The maximum Gasteiger partial charge on any atom is 0.226 e. The molecule has 4 N–H and O–H groups in total. The lowest BCUT2D eigenvalue weighted by Gasteiger charge is -2.26. The van der Waals surface area contributed by atoms with E-state index >= 15 is 0 Å². The Morgan fingerprint density at radius 3 is 2.21 bits per heavy atom. The van der Waals surface area contributed by atoms with E-state index in [0.29, 0.717) is 13.1 Å². The first-order valence-electron chi connectivity index (χ1n) is 4.84. The Kier molecular flexibility index (Phi) is 4.55. The lowest BCUT2D eigenvalue weighted by atomic mass is 9.90. The number of aliphatic hydroxyl groups excluding tert-OH is 1. The predicted octanol–water partition coefficient (Wildman–Crippen LogP) is 0.106. The van der Waals surface area contributed by atoms with Crippen LogP contribution in [-0.4, -0.2) is 30.7 Å². The monoisotopic (exact) mass is 202 g/mol. The quantitative estimate of drug-likeness (QED) is 0.592. The number of nitrogens with one attached hydrogen (secondary N) is 1. The number of carbonyl (C=O) groups excluding carboxylic acids is 1. The van der Waals surface area contributed by atoms with Crippen molar-refractivity contribution >= 4 is 5.91 Å². The van der Waals surface area contributed by atoms with Crippen molar-refractivity contribution in [1.29, 1.82) is 0 Å². The van der Waals surface area contributed by atoms with Crippen LogP contribution in [0.4, 0.5) is 0 Å². The molecule has 14 heavy (non-hydrogen) atoms. The summed E-state index contributed by atoms with van der Waals surface area (Å²) < 4.78 is 0. The van der Waals surface area contributed by atoms with E-state index in [0.717, 1.165) is 0 Å². The van der Waals surface area contributed by atoms with Crippen LogP contribution >= 0.6 is 0 Å². The second-order valence-electron chi connectivity index (χ2n) is 5.09. The van der Waals surface area contributed by atoms with Gasteiger partial charge in [-0.1, -0.05) is 13.8 Å². The topological polar surface area (TPSA) is 75.3 Å². The van der Waals surface area contributed by atoms with Crippen molar-refractivity contribution in [3.63, 3.8) is 0 Å². The Morgan fingerprint density at radius 1 is 1.36 bits per heavy atom. The summed E-state index contributed by atoms with van der Waals surface area (Å²) >= 11 is 0. The number of rotatable bonds is 5. The van der Waals surface area contributed by atoms with E-state index in [9.17, 15) is 4.79 Å². The van der Waals surface area contributed by atoms with Crippen molar-refractivity contribution < 1.29 is 9.90 Å². The summed E-state index contributed by atoms with van der Waals surface area (Å²) in [6.45, 7) is 8.22. The molecule has 0 heterocycles. The van der Waals surface area contributed by atoms with Crippen LogP contribution < -0.4 is 11.1 Å². The predicted molar refractivity (Wildman–Crippen MR) is 56.7 cm³/mol. The highest BCUT2D eigenvalue weighted by Crippen LogP contribution is 2.15. The van der Waals surface area contributed by atoms with Crippen LogP contribution in [0.1, 0.15) is 27.7 Å². The van der Waals surface area contributed by atoms with Gasteiger partial charge in [0.1, 0.15) is 0 Å². The van der Waals surface area contributed by atoms with E-state index in [1.54, 1.807) is 13.8 Å². The fourth-order valence-corrected chi connectivity index (χ4v) is 0.707. The summed E-state index contributed by atoms with van der Waals surface area (Å²) in [5.41, 5.74) is 4.66. The van der Waals surface area contributed by atoms with Crippen molar-refractivity contribution in [2.45, 2.75) is 27.7 Å². The Morgan fingerprint density at radius 2 is 1.86 bits per heavy atom. The second-order valence-corrected chi connectivity index (χ2v) is 5.09. The van der Waals surface area contributed by atoms with Crippen LogP contribution in [0.3, 0.4) is 0 Å². The Balaban J connectivity index is 4.10. The van der Waals surface area contributed by atoms with Gasteiger partial charge in [-0.2, -0.15) is 0 Å². The smallest absolute Gasteiger partial charge is 0.226 e. The zero-order valence-electron chi connectivity index (χ0n) is 9.55. The first kappa shape index (κ1) is 13.4. The van der Waals surface area contributed by atoms with Crippen LogP contribution in [-0.2, 0) is 4.79 Å². The van der Waals surface area contributed by atoms with Gasteiger partial charge < -0.3 is 16.2 Å². The summed E-state index contributed by atoms with van der Waals surface area (Å²) in [5.74, 6) is -0.0680. The summed E-state index contributed by atoms with van der Waals surface area (Å²) in [4.78, 5) is 11.6. The molecule has 0 aliphatic rings. The lowest BCUT2D eigenvalue weighted by Crippen LogP contribution is -2.45. The molecule has 0 aromatic carbocycles. The number of amides is 1. The summed E-state index contributed by atoms with van der Waals surface area (Å²) in [7, 11) is 0. The molecule has 84 valence electrons. The number of carbonyl (C=O) groups is 1. The van der Waals surface area contributed by atoms with Crippen LogP contribution in [0.2, 0.25) is 0 Å². The van der Waals surface area contributed by atoms with Gasteiger partial charge in [-0.15, -0.1) is 0 Å². The number of aliphatic hydroxyl groups is 1. The average Bonchev–Trinajstić information content (AvgIpc) is 2.14. The molecule has 0 rings (SSSR count). The second kappa shape index (κ2) is 4.75. The molecular formula is C10H22N2O2. The van der Waals surface area contributed by atoms with Gasteiger partial charge >= 0.3 is 0 Å². The van der Waals surface area contributed by atoms with Crippen LogP contribution in [0.25, 0.3) is 0 Å². The molecule has 0 aromatic rings. The Bertz CT molecular complexity index is 200. The third-order valence-corrected chi connectivity index (χ3v) is 2.28. The van der Waals surface area contributed by atoms with Gasteiger partial charge in [0.05, 0.1) is 5.41 Å². The third-order valence-electron chi connectivity index (χ3n) is 2.28. The summed E-state index contributed by atoms with van der Waals surface area (Å²) in [6, 6.07) is 0. The fourth-order valence-electron chi connectivity index (χ4n) is 0.707. The maximum absolute atomic E-state index is 11.6. The molecule has 0 aliphatic heterocycles. The van der Waals surface area contributed by atoms with E-state index in [4.69, 9.17) is 10.8 Å². The molecule has 0 aromatic heterocycles. The molecule has 0 saturated carbocycles. The van der Waals surface area contributed by atoms with Gasteiger partial charge in [0, 0.05) is 25.1 Å². The SMILES string of the molecule is CC(C)(CO)CNC(=O)C(C)(C)CN.